The predicted molar refractivity (Wildman–Crippen MR) is 117 cm³/mol. The first-order valence-electron chi connectivity index (χ1n) is 8.78. The van der Waals surface area contributed by atoms with Crippen molar-refractivity contribution in [1.29, 1.82) is 0 Å². The van der Waals surface area contributed by atoms with E-state index in [1.54, 1.807) is 17.4 Å². The highest BCUT2D eigenvalue weighted by Crippen LogP contribution is 2.36. The van der Waals surface area contributed by atoms with Gasteiger partial charge in [0.25, 0.3) is 0 Å². The number of carbonyl (C=O) groups excluding carboxylic acids is 2. The molecule has 7 heteroatoms. The van der Waals surface area contributed by atoms with Gasteiger partial charge in [0.2, 0.25) is 0 Å². The van der Waals surface area contributed by atoms with Crippen LogP contribution in [0.3, 0.4) is 0 Å². The van der Waals surface area contributed by atoms with E-state index in [0.29, 0.717) is 5.69 Å². The fraction of sp³-hybridized carbons (Fsp3) is 0.0455. The molecular formula is C22H12Cl2N2O2S. The zero-order valence-electron chi connectivity index (χ0n) is 15.1. The Hall–Kier alpha value is -2.73. The van der Waals surface area contributed by atoms with E-state index in [1.165, 1.54) is 12.1 Å². The largest absolute Gasteiger partial charge is 0.294 e. The maximum atomic E-state index is 12.9. The summed E-state index contributed by atoms with van der Waals surface area (Å²) in [5, 5.41) is 1.45. The molecule has 142 valence electrons. The molecule has 0 saturated carbocycles. The number of nitrogens with zero attached hydrogens (tertiary/aromatic N) is 2. The Morgan fingerprint density at radius 2 is 1.59 bits per heavy atom. The summed E-state index contributed by atoms with van der Waals surface area (Å²) >= 11 is 13.7. The second-order valence-corrected chi connectivity index (χ2v) is 8.74. The van der Waals surface area contributed by atoms with Crippen molar-refractivity contribution in [3.05, 3.63) is 86.0 Å². The average Bonchev–Trinajstić information content (AvgIpc) is 3.28. The molecule has 0 atom stereocenters. The zero-order valence-corrected chi connectivity index (χ0v) is 17.4. The average molecular weight is 439 g/mol. The van der Waals surface area contributed by atoms with Crippen molar-refractivity contribution in [3.63, 3.8) is 0 Å². The van der Waals surface area contributed by atoms with Gasteiger partial charge in [-0.3, -0.25) is 14.2 Å². The fourth-order valence-corrected chi connectivity index (χ4v) is 4.74. The molecule has 0 unspecified atom stereocenters. The lowest BCUT2D eigenvalue weighted by Crippen LogP contribution is -2.03. The third-order valence-electron chi connectivity index (χ3n) is 4.84. The molecule has 2 aromatic carbocycles. The van der Waals surface area contributed by atoms with E-state index >= 15 is 0 Å². The molecule has 0 amide bonds. The zero-order chi connectivity index (χ0) is 20.3. The van der Waals surface area contributed by atoms with Gasteiger partial charge >= 0.3 is 0 Å². The Morgan fingerprint density at radius 1 is 0.966 bits per heavy atom. The maximum Gasteiger partial charge on any atom is 0.197 e. The van der Waals surface area contributed by atoms with E-state index in [2.05, 4.69) is 4.98 Å². The van der Waals surface area contributed by atoms with E-state index < -0.39 is 0 Å². The van der Waals surface area contributed by atoms with Crippen LogP contribution in [0.15, 0.2) is 54.1 Å². The Bertz CT molecular complexity index is 1320. The Morgan fingerprint density at radius 3 is 2.21 bits per heavy atom. The van der Waals surface area contributed by atoms with Crippen LogP contribution in [0.2, 0.25) is 10.0 Å². The van der Waals surface area contributed by atoms with Gasteiger partial charge in [0.05, 0.1) is 31.0 Å². The number of fused-ring (bicyclic) bond motifs is 2. The van der Waals surface area contributed by atoms with Crippen molar-refractivity contribution < 1.29 is 9.59 Å². The van der Waals surface area contributed by atoms with E-state index in [1.807, 2.05) is 47.9 Å². The van der Waals surface area contributed by atoms with E-state index in [0.717, 1.165) is 21.0 Å². The number of para-hydroxylation sites is 1. The van der Waals surface area contributed by atoms with Crippen LogP contribution in [0.1, 0.15) is 31.4 Å². The minimum atomic E-state index is -0.350. The van der Waals surface area contributed by atoms with Crippen LogP contribution in [-0.4, -0.2) is 21.1 Å². The van der Waals surface area contributed by atoms with Gasteiger partial charge in [-0.1, -0.05) is 41.4 Å². The Kier molecular flexibility index (Phi) is 4.21. The van der Waals surface area contributed by atoms with E-state index in [-0.39, 0.29) is 38.3 Å². The SMILES string of the molecule is Cc1nc2c(cc(C=C3C(=O)c4cc(Cl)c(Cl)cc4C3=O)n2-c2ccccc2)s1. The number of halogens is 2. The van der Waals surface area contributed by atoms with E-state index in [4.69, 9.17) is 23.2 Å². The highest BCUT2D eigenvalue weighted by atomic mass is 35.5. The van der Waals surface area contributed by atoms with Crippen molar-refractivity contribution in [2.75, 3.05) is 0 Å². The van der Waals surface area contributed by atoms with Crippen LogP contribution >= 0.6 is 34.5 Å². The van der Waals surface area contributed by atoms with Crippen LogP contribution in [0, 0.1) is 6.92 Å². The lowest BCUT2D eigenvalue weighted by Gasteiger charge is -2.07. The summed E-state index contributed by atoms with van der Waals surface area (Å²) in [6.07, 6.45) is 1.63. The summed E-state index contributed by atoms with van der Waals surface area (Å²) in [7, 11) is 0. The van der Waals surface area contributed by atoms with E-state index in [9.17, 15) is 9.59 Å². The lowest BCUT2D eigenvalue weighted by atomic mass is 10.1. The Labute approximate surface area is 180 Å². The summed E-state index contributed by atoms with van der Waals surface area (Å²) in [5.74, 6) is -0.700. The summed E-state index contributed by atoms with van der Waals surface area (Å²) in [5.41, 5.74) is 3.07. The van der Waals surface area contributed by atoms with Crippen LogP contribution in [0.25, 0.3) is 22.1 Å². The number of carbonyl (C=O) groups is 2. The van der Waals surface area contributed by atoms with Crippen molar-refractivity contribution in [1.82, 2.24) is 9.55 Å². The molecule has 4 nitrogen and oxygen atoms in total. The minimum absolute atomic E-state index is 0.0948. The van der Waals surface area contributed by atoms with Crippen molar-refractivity contribution >= 4 is 62.5 Å². The summed E-state index contributed by atoms with van der Waals surface area (Å²) in [6, 6.07) is 14.6. The molecule has 2 aromatic heterocycles. The summed E-state index contributed by atoms with van der Waals surface area (Å²) < 4.78 is 2.94. The molecule has 5 rings (SSSR count). The molecule has 0 aliphatic heterocycles. The number of hydrogen-bond acceptors (Lipinski definition) is 4. The normalized spacial score (nSPS) is 13.4. The van der Waals surface area contributed by atoms with Crippen LogP contribution in [-0.2, 0) is 0 Å². The van der Waals surface area contributed by atoms with Crippen LogP contribution < -0.4 is 0 Å². The standard InChI is InChI=1S/C22H12Cl2N2O2S/c1-11-25-22-19(29-11)8-13(26(22)12-5-3-2-4-6-12)7-16-20(27)14-9-17(23)18(24)10-15(14)21(16)28/h2-10H,1H3. The number of hydrogen-bond donors (Lipinski definition) is 0. The number of ketones is 2. The molecule has 0 bridgehead atoms. The lowest BCUT2D eigenvalue weighted by molar-refractivity contribution is 0.0990. The second-order valence-electron chi connectivity index (χ2n) is 6.69. The number of thiazole rings is 1. The molecule has 0 N–H and O–H groups in total. The third kappa shape index (κ3) is 2.85. The number of Topliss-reactive ketones (excluding diaryl/α,β-unsaturated/α-hetero) is 2. The van der Waals surface area contributed by atoms with Gasteiger partial charge in [0.1, 0.15) is 0 Å². The summed E-state index contributed by atoms with van der Waals surface area (Å²) in [4.78, 5) is 30.5. The number of aryl methyl sites for hydroxylation is 1. The molecule has 1 aliphatic rings. The first-order valence-corrected chi connectivity index (χ1v) is 10.4. The summed E-state index contributed by atoms with van der Waals surface area (Å²) in [6.45, 7) is 1.95. The molecule has 0 fully saturated rings. The van der Waals surface area contributed by atoms with Crippen molar-refractivity contribution in [3.8, 4) is 5.69 Å². The number of aromatic nitrogens is 2. The highest BCUT2D eigenvalue weighted by Gasteiger charge is 2.34. The molecule has 4 aromatic rings. The molecule has 29 heavy (non-hydrogen) atoms. The topological polar surface area (TPSA) is 52.0 Å². The fourth-order valence-electron chi connectivity index (χ4n) is 3.56. The quantitative estimate of drug-likeness (QED) is 0.278. The van der Waals surface area contributed by atoms with Gasteiger partial charge in [0.15, 0.2) is 17.2 Å². The monoisotopic (exact) mass is 438 g/mol. The number of allylic oxidation sites excluding steroid dienone is 1. The highest BCUT2D eigenvalue weighted by molar-refractivity contribution is 7.18. The molecule has 0 spiro atoms. The van der Waals surface area contributed by atoms with Gasteiger partial charge < -0.3 is 0 Å². The first-order chi connectivity index (χ1) is 13.9. The number of benzene rings is 2. The third-order valence-corrected chi connectivity index (χ3v) is 6.47. The maximum absolute atomic E-state index is 12.9. The second kappa shape index (κ2) is 6.66. The first kappa shape index (κ1) is 18.3. The van der Waals surface area contributed by atoms with Gasteiger partial charge in [-0.25, -0.2) is 4.98 Å². The molecule has 0 radical (unpaired) electrons. The van der Waals surface area contributed by atoms with Gasteiger partial charge in [0, 0.05) is 16.8 Å². The molecule has 2 heterocycles. The number of rotatable bonds is 2. The van der Waals surface area contributed by atoms with Crippen LogP contribution in [0.5, 0.6) is 0 Å². The Balaban J connectivity index is 1.71. The van der Waals surface area contributed by atoms with Gasteiger partial charge in [-0.15, -0.1) is 11.3 Å². The van der Waals surface area contributed by atoms with Crippen molar-refractivity contribution in [2.45, 2.75) is 6.92 Å². The smallest absolute Gasteiger partial charge is 0.197 e. The van der Waals surface area contributed by atoms with Crippen LogP contribution in [0.4, 0.5) is 0 Å². The van der Waals surface area contributed by atoms with Gasteiger partial charge in [-0.05, 0) is 43.3 Å². The molecule has 0 saturated heterocycles. The van der Waals surface area contributed by atoms with Gasteiger partial charge in [-0.2, -0.15) is 0 Å². The molecule has 1 aliphatic carbocycles. The molecular weight excluding hydrogens is 427 g/mol. The predicted octanol–water partition coefficient (Wildman–Crippen LogP) is 6.16. The minimum Gasteiger partial charge on any atom is -0.294 e. The van der Waals surface area contributed by atoms with Crippen molar-refractivity contribution in [2.24, 2.45) is 0 Å².